The van der Waals surface area contributed by atoms with E-state index in [1.54, 1.807) is 6.92 Å². The van der Waals surface area contributed by atoms with E-state index >= 15 is 0 Å². The first-order chi connectivity index (χ1) is 6.95. The van der Waals surface area contributed by atoms with Gasteiger partial charge in [0.25, 0.3) is 0 Å². The number of hydrogen-bond donors (Lipinski definition) is 0. The van der Waals surface area contributed by atoms with Crippen LogP contribution in [0.3, 0.4) is 0 Å². The summed E-state index contributed by atoms with van der Waals surface area (Å²) in [5.41, 5.74) is 2.41. The molecule has 3 heteroatoms. The molecule has 82 valence electrons. The Bertz CT molecular complexity index is 354. The highest BCUT2D eigenvalue weighted by atomic mass is 79.9. The van der Waals surface area contributed by atoms with Crippen LogP contribution < -0.4 is 0 Å². The SMILES string of the molecule is CC(=O)C(Br)C(C)c1c(C)cccc1Br. The van der Waals surface area contributed by atoms with Gasteiger partial charge in [0.2, 0.25) is 0 Å². The fourth-order valence-corrected chi connectivity index (χ4v) is 2.81. The summed E-state index contributed by atoms with van der Waals surface area (Å²) >= 11 is 6.98. The van der Waals surface area contributed by atoms with Gasteiger partial charge in [0.05, 0.1) is 4.83 Å². The van der Waals surface area contributed by atoms with E-state index in [0.717, 1.165) is 4.47 Å². The number of aryl methyl sites for hydroxylation is 1. The highest BCUT2D eigenvalue weighted by Crippen LogP contribution is 2.33. The molecule has 0 aliphatic heterocycles. The van der Waals surface area contributed by atoms with Gasteiger partial charge in [-0.25, -0.2) is 0 Å². The highest BCUT2D eigenvalue weighted by Gasteiger charge is 2.23. The van der Waals surface area contributed by atoms with Gasteiger partial charge in [-0.3, -0.25) is 4.79 Å². The third-order valence-electron chi connectivity index (χ3n) is 2.55. The lowest BCUT2D eigenvalue weighted by molar-refractivity contribution is -0.116. The molecule has 0 bridgehead atoms. The zero-order valence-electron chi connectivity index (χ0n) is 9.05. The summed E-state index contributed by atoms with van der Waals surface area (Å²) < 4.78 is 1.07. The predicted octanol–water partition coefficient (Wildman–Crippen LogP) is 4.21. The number of rotatable bonds is 3. The maximum atomic E-state index is 11.3. The van der Waals surface area contributed by atoms with Crippen molar-refractivity contribution < 1.29 is 4.79 Å². The molecule has 0 aliphatic rings. The Balaban J connectivity index is 3.10. The van der Waals surface area contributed by atoms with Crippen molar-refractivity contribution in [3.05, 3.63) is 33.8 Å². The summed E-state index contributed by atoms with van der Waals surface area (Å²) in [5.74, 6) is 0.343. The van der Waals surface area contributed by atoms with Crippen molar-refractivity contribution in [1.82, 2.24) is 0 Å². The van der Waals surface area contributed by atoms with Gasteiger partial charge in [0, 0.05) is 10.4 Å². The fourth-order valence-electron chi connectivity index (χ4n) is 1.72. The zero-order chi connectivity index (χ0) is 11.6. The lowest BCUT2D eigenvalue weighted by Crippen LogP contribution is -2.18. The summed E-state index contributed by atoms with van der Waals surface area (Å²) in [6, 6.07) is 6.09. The number of benzene rings is 1. The van der Waals surface area contributed by atoms with Crippen molar-refractivity contribution in [2.75, 3.05) is 0 Å². The molecule has 1 aromatic rings. The first kappa shape index (κ1) is 12.9. The van der Waals surface area contributed by atoms with Gasteiger partial charge in [0.15, 0.2) is 0 Å². The van der Waals surface area contributed by atoms with Crippen LogP contribution in [0.4, 0.5) is 0 Å². The largest absolute Gasteiger partial charge is 0.299 e. The van der Waals surface area contributed by atoms with E-state index in [0.29, 0.717) is 0 Å². The Morgan fingerprint density at radius 2 is 2.00 bits per heavy atom. The summed E-state index contributed by atoms with van der Waals surface area (Å²) in [6.07, 6.45) is 0. The van der Waals surface area contributed by atoms with E-state index in [1.165, 1.54) is 11.1 Å². The third kappa shape index (κ3) is 2.91. The van der Waals surface area contributed by atoms with Crippen molar-refractivity contribution in [2.45, 2.75) is 31.5 Å². The fraction of sp³-hybridized carbons (Fsp3) is 0.417. The lowest BCUT2D eigenvalue weighted by Gasteiger charge is -2.19. The summed E-state index contributed by atoms with van der Waals surface area (Å²) in [7, 11) is 0. The molecule has 2 atom stereocenters. The molecule has 0 spiro atoms. The van der Waals surface area contributed by atoms with E-state index in [4.69, 9.17) is 0 Å². The maximum absolute atomic E-state index is 11.3. The molecule has 1 aromatic carbocycles. The third-order valence-corrected chi connectivity index (χ3v) is 4.68. The van der Waals surface area contributed by atoms with Crippen molar-refractivity contribution in [1.29, 1.82) is 0 Å². The van der Waals surface area contributed by atoms with Crippen LogP contribution in [0.1, 0.15) is 30.9 Å². The molecule has 0 saturated carbocycles. The summed E-state index contributed by atoms with van der Waals surface area (Å²) in [4.78, 5) is 11.2. The smallest absolute Gasteiger partial charge is 0.144 e. The van der Waals surface area contributed by atoms with E-state index in [1.807, 2.05) is 12.1 Å². The number of carbonyl (C=O) groups excluding carboxylic acids is 1. The van der Waals surface area contributed by atoms with E-state index < -0.39 is 0 Å². The van der Waals surface area contributed by atoms with Crippen LogP contribution in [0.5, 0.6) is 0 Å². The molecule has 1 rings (SSSR count). The molecule has 2 unspecified atom stereocenters. The second-order valence-electron chi connectivity index (χ2n) is 3.77. The quantitative estimate of drug-likeness (QED) is 0.757. The first-order valence-electron chi connectivity index (χ1n) is 4.84. The van der Waals surface area contributed by atoms with Gasteiger partial charge in [-0.15, -0.1) is 0 Å². The lowest BCUT2D eigenvalue weighted by atomic mass is 9.92. The number of ketones is 1. The summed E-state index contributed by atoms with van der Waals surface area (Å²) in [6.45, 7) is 5.74. The Kier molecular flexibility index (Phi) is 4.53. The van der Waals surface area contributed by atoms with E-state index in [9.17, 15) is 4.79 Å². The van der Waals surface area contributed by atoms with Crippen molar-refractivity contribution in [3.8, 4) is 0 Å². The minimum Gasteiger partial charge on any atom is -0.299 e. The van der Waals surface area contributed by atoms with E-state index in [2.05, 4.69) is 51.8 Å². The number of carbonyl (C=O) groups is 1. The maximum Gasteiger partial charge on any atom is 0.144 e. The second kappa shape index (κ2) is 5.26. The molecular weight excluding hydrogens is 320 g/mol. The van der Waals surface area contributed by atoms with Crippen molar-refractivity contribution in [2.24, 2.45) is 0 Å². The topological polar surface area (TPSA) is 17.1 Å². The Morgan fingerprint density at radius 1 is 1.40 bits per heavy atom. The minimum atomic E-state index is -0.116. The van der Waals surface area contributed by atoms with Gasteiger partial charge in [-0.05, 0) is 31.0 Å². The standard InChI is InChI=1S/C12H14Br2O/c1-7-5-4-6-10(13)11(7)8(2)12(14)9(3)15/h4-6,8,12H,1-3H3. The second-order valence-corrected chi connectivity index (χ2v) is 5.61. The molecule has 0 amide bonds. The molecule has 0 fully saturated rings. The number of halogens is 2. The Hall–Kier alpha value is -0.150. The van der Waals surface area contributed by atoms with E-state index in [-0.39, 0.29) is 16.5 Å². The summed E-state index contributed by atoms with van der Waals surface area (Å²) in [5, 5.41) is 0. The average Bonchev–Trinajstić information content (AvgIpc) is 2.15. The van der Waals surface area contributed by atoms with Gasteiger partial charge in [0.1, 0.15) is 5.78 Å². The van der Waals surface area contributed by atoms with Crippen molar-refractivity contribution >= 4 is 37.6 Å². The molecule has 0 heterocycles. The normalized spacial score (nSPS) is 14.7. The van der Waals surface area contributed by atoms with Crippen LogP contribution in [-0.2, 0) is 4.79 Å². The van der Waals surface area contributed by atoms with Gasteiger partial charge < -0.3 is 0 Å². The van der Waals surface area contributed by atoms with Crippen LogP contribution in [0.15, 0.2) is 22.7 Å². The van der Waals surface area contributed by atoms with Gasteiger partial charge >= 0.3 is 0 Å². The van der Waals surface area contributed by atoms with Crippen molar-refractivity contribution in [3.63, 3.8) is 0 Å². The van der Waals surface area contributed by atoms with Crippen LogP contribution in [0, 0.1) is 6.92 Å². The number of alkyl halides is 1. The molecule has 0 N–H and O–H groups in total. The number of Topliss-reactive ketones (excluding diaryl/α,β-unsaturated/α-hetero) is 1. The Morgan fingerprint density at radius 3 is 2.47 bits per heavy atom. The molecule has 0 aromatic heterocycles. The van der Waals surface area contributed by atoms with Gasteiger partial charge in [-0.1, -0.05) is 50.9 Å². The average molecular weight is 334 g/mol. The van der Waals surface area contributed by atoms with Crippen LogP contribution in [0.25, 0.3) is 0 Å². The minimum absolute atomic E-state index is 0.116. The first-order valence-corrected chi connectivity index (χ1v) is 6.55. The monoisotopic (exact) mass is 332 g/mol. The van der Waals surface area contributed by atoms with Crippen LogP contribution >= 0.6 is 31.9 Å². The molecule has 15 heavy (non-hydrogen) atoms. The zero-order valence-corrected chi connectivity index (χ0v) is 12.2. The van der Waals surface area contributed by atoms with Crippen LogP contribution in [-0.4, -0.2) is 10.6 Å². The molecule has 0 saturated heterocycles. The van der Waals surface area contributed by atoms with Crippen LogP contribution in [0.2, 0.25) is 0 Å². The predicted molar refractivity (Wildman–Crippen MR) is 70.7 cm³/mol. The van der Waals surface area contributed by atoms with Gasteiger partial charge in [-0.2, -0.15) is 0 Å². The molecule has 0 aliphatic carbocycles. The Labute approximate surface area is 108 Å². The molecular formula is C12H14Br2O. The number of hydrogen-bond acceptors (Lipinski definition) is 1. The highest BCUT2D eigenvalue weighted by molar-refractivity contribution is 9.10. The molecule has 1 nitrogen and oxygen atoms in total. The molecule has 0 radical (unpaired) electrons.